The van der Waals surface area contributed by atoms with E-state index in [4.69, 9.17) is 21.1 Å². The summed E-state index contributed by atoms with van der Waals surface area (Å²) in [6.07, 6.45) is 7.28. The molecule has 0 aromatic carbocycles. The van der Waals surface area contributed by atoms with Crippen molar-refractivity contribution in [1.82, 2.24) is 9.80 Å². The number of amides is 2. The van der Waals surface area contributed by atoms with Crippen molar-refractivity contribution < 1.29 is 19.1 Å². The summed E-state index contributed by atoms with van der Waals surface area (Å²) in [5.41, 5.74) is 2.58. The highest BCUT2D eigenvalue weighted by Crippen LogP contribution is 2.37. The quantitative estimate of drug-likeness (QED) is 0.271. The monoisotopic (exact) mass is 517 g/mol. The van der Waals surface area contributed by atoms with Crippen LogP contribution in [-0.4, -0.2) is 73.4 Å². The van der Waals surface area contributed by atoms with E-state index in [0.717, 1.165) is 24.0 Å². The number of aliphatic imine (C=N–C) groups is 1. The maximum absolute atomic E-state index is 13.1. The van der Waals surface area contributed by atoms with E-state index in [1.807, 2.05) is 24.8 Å². The van der Waals surface area contributed by atoms with Gasteiger partial charge in [-0.25, -0.2) is 4.79 Å². The van der Waals surface area contributed by atoms with Gasteiger partial charge in [-0.3, -0.25) is 9.79 Å². The number of hydrogen-bond acceptors (Lipinski definition) is 5. The zero-order valence-electron chi connectivity index (χ0n) is 22.3. The summed E-state index contributed by atoms with van der Waals surface area (Å²) in [6.45, 7) is 14.3. The summed E-state index contributed by atoms with van der Waals surface area (Å²) < 4.78 is 11.9. The second-order valence-electron chi connectivity index (χ2n) is 10.2. The van der Waals surface area contributed by atoms with Gasteiger partial charge in [-0.2, -0.15) is 0 Å². The lowest BCUT2D eigenvalue weighted by Crippen LogP contribution is -2.52. The second-order valence-corrected chi connectivity index (χ2v) is 10.7. The number of ether oxygens (including phenoxy) is 2. The molecular formula is C28H40ClN3O4. The molecule has 1 saturated carbocycles. The third-order valence-corrected chi connectivity index (χ3v) is 8.04. The maximum atomic E-state index is 13.1. The Hall–Kier alpha value is -2.38. The Morgan fingerprint density at radius 3 is 2.28 bits per heavy atom. The molecule has 198 valence electrons. The van der Waals surface area contributed by atoms with Crippen LogP contribution in [0.2, 0.25) is 0 Å². The summed E-state index contributed by atoms with van der Waals surface area (Å²) in [7, 11) is 1.68. The first kappa shape index (κ1) is 28.2. The number of carbonyl (C=O) groups excluding carboxylic acids is 2. The van der Waals surface area contributed by atoms with Crippen LogP contribution in [0.4, 0.5) is 4.79 Å². The average molecular weight is 518 g/mol. The van der Waals surface area contributed by atoms with Crippen molar-refractivity contribution in [3.05, 3.63) is 46.7 Å². The van der Waals surface area contributed by atoms with Crippen LogP contribution in [0.3, 0.4) is 0 Å². The number of allylic oxidation sites excluding steroid dienone is 5. The normalized spacial score (nSPS) is 29.4. The van der Waals surface area contributed by atoms with Gasteiger partial charge in [-0.15, -0.1) is 0 Å². The van der Waals surface area contributed by atoms with Crippen molar-refractivity contribution in [3.8, 4) is 0 Å². The predicted molar refractivity (Wildman–Crippen MR) is 144 cm³/mol. The number of nitrogens with zero attached hydrogens (tertiary/aromatic N) is 3. The Morgan fingerprint density at radius 2 is 1.69 bits per heavy atom. The molecule has 0 aromatic rings. The Bertz CT molecular complexity index is 965. The molecule has 3 rings (SSSR count). The molecule has 2 saturated heterocycles. The molecule has 3 unspecified atom stereocenters. The van der Waals surface area contributed by atoms with Crippen LogP contribution in [0.1, 0.15) is 47.0 Å². The lowest BCUT2D eigenvalue weighted by Gasteiger charge is -2.35. The Morgan fingerprint density at radius 1 is 1.08 bits per heavy atom. The minimum Gasteiger partial charge on any atom is -0.408 e. The highest BCUT2D eigenvalue weighted by molar-refractivity contribution is 6.31. The van der Waals surface area contributed by atoms with Crippen LogP contribution in [0.25, 0.3) is 0 Å². The number of hydrogen-bond donors (Lipinski definition) is 0. The first-order valence-corrected chi connectivity index (χ1v) is 13.2. The van der Waals surface area contributed by atoms with Crippen LogP contribution in [0.15, 0.2) is 51.7 Å². The van der Waals surface area contributed by atoms with Gasteiger partial charge in [0, 0.05) is 56.2 Å². The number of halogens is 1. The van der Waals surface area contributed by atoms with Crippen LogP contribution >= 0.6 is 11.6 Å². The third-order valence-electron chi connectivity index (χ3n) is 7.76. The zero-order valence-corrected chi connectivity index (χ0v) is 23.0. The van der Waals surface area contributed by atoms with Gasteiger partial charge in [-0.1, -0.05) is 44.2 Å². The third kappa shape index (κ3) is 6.88. The molecule has 7 nitrogen and oxygen atoms in total. The van der Waals surface area contributed by atoms with Gasteiger partial charge >= 0.3 is 6.09 Å². The summed E-state index contributed by atoms with van der Waals surface area (Å²) in [5, 5.41) is 0.556. The van der Waals surface area contributed by atoms with E-state index in [9.17, 15) is 9.59 Å². The van der Waals surface area contributed by atoms with Crippen LogP contribution < -0.4 is 0 Å². The van der Waals surface area contributed by atoms with Crippen molar-refractivity contribution >= 4 is 29.3 Å². The molecular weight excluding hydrogens is 478 g/mol. The van der Waals surface area contributed by atoms with E-state index in [-0.39, 0.29) is 17.9 Å². The molecule has 3 atom stereocenters. The van der Waals surface area contributed by atoms with E-state index in [0.29, 0.717) is 67.5 Å². The molecule has 0 aromatic heterocycles. The molecule has 3 aliphatic rings. The molecule has 0 N–H and O–H groups in total. The van der Waals surface area contributed by atoms with E-state index < -0.39 is 6.09 Å². The van der Waals surface area contributed by atoms with Crippen molar-refractivity contribution in [2.45, 2.75) is 53.1 Å². The van der Waals surface area contributed by atoms with E-state index in [1.54, 1.807) is 24.1 Å². The van der Waals surface area contributed by atoms with E-state index in [1.165, 1.54) is 0 Å². The largest absolute Gasteiger partial charge is 0.415 e. The van der Waals surface area contributed by atoms with E-state index in [2.05, 4.69) is 25.4 Å². The molecule has 0 radical (unpaired) electrons. The fraction of sp³-hybridized carbons (Fsp3) is 0.607. The molecule has 0 spiro atoms. The van der Waals surface area contributed by atoms with Crippen molar-refractivity contribution in [2.75, 3.05) is 39.8 Å². The van der Waals surface area contributed by atoms with Gasteiger partial charge in [0.15, 0.2) is 5.76 Å². The SMILES string of the molecule is C=CC(Cl)=CC=C(C)C1CC(=C(OC(=O)N2CCN(C(=O)C3CC(C)C(C)C3)CC2)C(C)=NC)CO1. The highest BCUT2D eigenvalue weighted by atomic mass is 35.5. The molecule has 2 heterocycles. The molecule has 36 heavy (non-hydrogen) atoms. The van der Waals surface area contributed by atoms with Gasteiger partial charge in [0.25, 0.3) is 0 Å². The minimum atomic E-state index is -0.410. The molecule has 2 aliphatic heterocycles. The molecule has 3 fully saturated rings. The van der Waals surface area contributed by atoms with Crippen molar-refractivity contribution in [3.63, 3.8) is 0 Å². The molecule has 8 heteroatoms. The Balaban J connectivity index is 1.61. The molecule has 2 amide bonds. The highest BCUT2D eigenvalue weighted by Gasteiger charge is 2.37. The van der Waals surface area contributed by atoms with E-state index >= 15 is 0 Å². The number of carbonyl (C=O) groups is 2. The fourth-order valence-electron chi connectivity index (χ4n) is 5.06. The topological polar surface area (TPSA) is 71.4 Å². The average Bonchev–Trinajstić information content (AvgIpc) is 3.51. The summed E-state index contributed by atoms with van der Waals surface area (Å²) in [4.78, 5) is 33.9. The first-order valence-electron chi connectivity index (χ1n) is 12.8. The van der Waals surface area contributed by atoms with Gasteiger partial charge in [0.1, 0.15) is 0 Å². The summed E-state index contributed by atoms with van der Waals surface area (Å²) >= 11 is 6.01. The van der Waals surface area contributed by atoms with Crippen molar-refractivity contribution in [1.29, 1.82) is 0 Å². The van der Waals surface area contributed by atoms with Crippen molar-refractivity contribution in [2.24, 2.45) is 22.7 Å². The van der Waals surface area contributed by atoms with Crippen LogP contribution in [-0.2, 0) is 14.3 Å². The summed E-state index contributed by atoms with van der Waals surface area (Å²) in [5.74, 6) is 2.00. The smallest absolute Gasteiger partial charge is 0.408 e. The first-order chi connectivity index (χ1) is 17.1. The minimum absolute atomic E-state index is 0.115. The lowest BCUT2D eigenvalue weighted by molar-refractivity contribution is -0.137. The van der Waals surface area contributed by atoms with Crippen LogP contribution in [0, 0.1) is 17.8 Å². The lowest BCUT2D eigenvalue weighted by atomic mass is 10.0. The number of piperazine rings is 1. The van der Waals surface area contributed by atoms with Gasteiger partial charge in [-0.05, 0) is 50.2 Å². The Kier molecular flexibility index (Phi) is 9.97. The van der Waals surface area contributed by atoms with Gasteiger partial charge in [0.05, 0.1) is 18.4 Å². The maximum Gasteiger partial charge on any atom is 0.415 e. The van der Waals surface area contributed by atoms with Gasteiger partial charge in [0.2, 0.25) is 5.91 Å². The van der Waals surface area contributed by atoms with Gasteiger partial charge < -0.3 is 19.3 Å². The predicted octanol–water partition coefficient (Wildman–Crippen LogP) is 5.34. The summed E-state index contributed by atoms with van der Waals surface area (Å²) in [6, 6.07) is 0. The molecule has 1 aliphatic carbocycles. The zero-order chi connectivity index (χ0) is 26.4. The standard InChI is InChI=1S/C28H40ClN3O4/c1-7-24(29)9-8-18(2)25-16-23(17-35-25)26(21(5)30-6)36-28(34)32-12-10-31(11-13-32)27(33)22-14-19(3)20(4)15-22/h7-9,19-20,22,25H,1,10-17H2,2-6H3. The Labute approximate surface area is 220 Å². The number of rotatable bonds is 6. The second kappa shape index (κ2) is 12.7. The molecule has 0 bridgehead atoms. The fourth-order valence-corrected chi connectivity index (χ4v) is 5.13. The van der Waals surface area contributed by atoms with Crippen LogP contribution in [0.5, 0.6) is 0 Å².